The van der Waals surface area contributed by atoms with Crippen LogP contribution in [0.25, 0.3) is 11.1 Å². The number of benzene rings is 2. The van der Waals surface area contributed by atoms with Gasteiger partial charge >= 0.3 is 5.97 Å². The van der Waals surface area contributed by atoms with Crippen molar-refractivity contribution < 1.29 is 14.3 Å². The number of aryl methyl sites for hydroxylation is 3. The van der Waals surface area contributed by atoms with E-state index in [9.17, 15) is 9.18 Å². The third kappa shape index (κ3) is 3.19. The molecule has 0 amide bonds. The molecule has 2 rings (SSSR count). The van der Waals surface area contributed by atoms with Crippen LogP contribution in [0, 0.1) is 26.6 Å². The summed E-state index contributed by atoms with van der Waals surface area (Å²) >= 11 is 0. The predicted molar refractivity (Wildman–Crippen MR) is 86.7 cm³/mol. The van der Waals surface area contributed by atoms with E-state index in [4.69, 9.17) is 5.11 Å². The minimum atomic E-state index is -0.915. The van der Waals surface area contributed by atoms with Gasteiger partial charge in [-0.05, 0) is 72.2 Å². The molecule has 2 aromatic carbocycles. The number of aliphatic carboxylic acids is 1. The molecule has 2 aromatic rings. The summed E-state index contributed by atoms with van der Waals surface area (Å²) in [4.78, 5) is 10.9. The van der Waals surface area contributed by atoms with Crippen LogP contribution in [0.15, 0.2) is 30.3 Å². The minimum Gasteiger partial charge on any atom is -0.481 e. The average molecular weight is 300 g/mol. The SMILES string of the molecule is Cc1cc(-c2c(C)cccc2C)cc([C@@H](C)CC(=O)O)c1F. The molecule has 2 nitrogen and oxygen atoms in total. The number of carbonyl (C=O) groups is 1. The van der Waals surface area contributed by atoms with Crippen molar-refractivity contribution in [1.29, 1.82) is 0 Å². The molecule has 116 valence electrons. The standard InChI is InChI=1S/C19H21FO2/c1-11-6-5-7-12(2)18(11)15-8-14(4)19(20)16(10-15)13(3)9-17(21)22/h5-8,10,13H,9H2,1-4H3,(H,21,22)/t13-/m0/s1. The molecule has 0 saturated heterocycles. The number of hydrogen-bond acceptors (Lipinski definition) is 1. The summed E-state index contributed by atoms with van der Waals surface area (Å²) in [7, 11) is 0. The lowest BCUT2D eigenvalue weighted by Crippen LogP contribution is -2.06. The molecule has 1 N–H and O–H groups in total. The van der Waals surface area contributed by atoms with E-state index in [-0.39, 0.29) is 18.2 Å². The monoisotopic (exact) mass is 300 g/mol. The smallest absolute Gasteiger partial charge is 0.303 e. The third-order valence-corrected chi connectivity index (χ3v) is 4.06. The molecule has 0 bridgehead atoms. The van der Waals surface area contributed by atoms with Gasteiger partial charge in [-0.15, -0.1) is 0 Å². The Morgan fingerprint density at radius 1 is 1.14 bits per heavy atom. The molecular formula is C19H21FO2. The summed E-state index contributed by atoms with van der Waals surface area (Å²) in [6, 6.07) is 9.69. The Hall–Kier alpha value is -2.16. The highest BCUT2D eigenvalue weighted by molar-refractivity contribution is 5.73. The molecule has 0 aliphatic carbocycles. The Kier molecular flexibility index (Phi) is 4.65. The van der Waals surface area contributed by atoms with Gasteiger partial charge in [-0.3, -0.25) is 4.79 Å². The summed E-state index contributed by atoms with van der Waals surface area (Å²) in [5.41, 5.74) is 5.31. The van der Waals surface area contributed by atoms with Crippen molar-refractivity contribution in [3.63, 3.8) is 0 Å². The Morgan fingerprint density at radius 2 is 1.73 bits per heavy atom. The highest BCUT2D eigenvalue weighted by Crippen LogP contribution is 2.33. The van der Waals surface area contributed by atoms with E-state index < -0.39 is 5.97 Å². The first-order valence-corrected chi connectivity index (χ1v) is 7.39. The van der Waals surface area contributed by atoms with Crippen LogP contribution >= 0.6 is 0 Å². The van der Waals surface area contributed by atoms with Crippen molar-refractivity contribution in [3.8, 4) is 11.1 Å². The fourth-order valence-electron chi connectivity index (χ4n) is 2.94. The van der Waals surface area contributed by atoms with Gasteiger partial charge in [0.1, 0.15) is 5.82 Å². The second kappa shape index (κ2) is 6.30. The first-order chi connectivity index (χ1) is 10.3. The summed E-state index contributed by atoms with van der Waals surface area (Å²) in [5.74, 6) is -1.58. The molecular weight excluding hydrogens is 279 g/mol. The molecule has 0 saturated carbocycles. The molecule has 0 aromatic heterocycles. The van der Waals surface area contributed by atoms with Gasteiger partial charge in [0.15, 0.2) is 0 Å². The van der Waals surface area contributed by atoms with Gasteiger partial charge in [-0.2, -0.15) is 0 Å². The van der Waals surface area contributed by atoms with Crippen molar-refractivity contribution >= 4 is 5.97 Å². The highest BCUT2D eigenvalue weighted by Gasteiger charge is 2.18. The second-order valence-corrected chi connectivity index (χ2v) is 5.96. The first kappa shape index (κ1) is 16.2. The van der Waals surface area contributed by atoms with Crippen LogP contribution < -0.4 is 0 Å². The Morgan fingerprint density at radius 3 is 2.27 bits per heavy atom. The van der Waals surface area contributed by atoms with Gasteiger partial charge in [0.25, 0.3) is 0 Å². The van der Waals surface area contributed by atoms with Crippen molar-refractivity contribution in [2.75, 3.05) is 0 Å². The van der Waals surface area contributed by atoms with Crippen LogP contribution in [0.3, 0.4) is 0 Å². The maximum atomic E-state index is 14.4. The predicted octanol–water partition coefficient (Wildman–Crippen LogP) is 5.00. The quantitative estimate of drug-likeness (QED) is 0.863. The second-order valence-electron chi connectivity index (χ2n) is 5.96. The zero-order chi connectivity index (χ0) is 16.4. The van der Waals surface area contributed by atoms with Crippen molar-refractivity contribution in [1.82, 2.24) is 0 Å². The number of hydrogen-bond donors (Lipinski definition) is 1. The van der Waals surface area contributed by atoms with E-state index in [2.05, 4.69) is 0 Å². The molecule has 0 heterocycles. The van der Waals surface area contributed by atoms with Gasteiger partial charge < -0.3 is 5.11 Å². The van der Waals surface area contributed by atoms with Crippen LogP contribution in [0.4, 0.5) is 4.39 Å². The number of carboxylic acids is 1. The number of carboxylic acid groups (broad SMARTS) is 1. The van der Waals surface area contributed by atoms with Crippen molar-refractivity contribution in [2.24, 2.45) is 0 Å². The summed E-state index contributed by atoms with van der Waals surface area (Å²) in [6.07, 6.45) is -0.0768. The summed E-state index contributed by atoms with van der Waals surface area (Å²) < 4.78 is 14.4. The average Bonchev–Trinajstić information content (AvgIpc) is 2.41. The van der Waals surface area contributed by atoms with E-state index in [0.717, 1.165) is 22.3 Å². The molecule has 0 radical (unpaired) electrons. The Bertz CT molecular complexity index is 699. The summed E-state index contributed by atoms with van der Waals surface area (Å²) in [5, 5.41) is 8.96. The van der Waals surface area contributed by atoms with E-state index >= 15 is 0 Å². The molecule has 0 aliphatic rings. The topological polar surface area (TPSA) is 37.3 Å². The van der Waals surface area contributed by atoms with Crippen LogP contribution in [0.1, 0.15) is 41.5 Å². The maximum absolute atomic E-state index is 14.4. The highest BCUT2D eigenvalue weighted by atomic mass is 19.1. The van der Waals surface area contributed by atoms with Crippen LogP contribution in [0.5, 0.6) is 0 Å². The van der Waals surface area contributed by atoms with E-state index in [1.54, 1.807) is 19.9 Å². The zero-order valence-electron chi connectivity index (χ0n) is 13.4. The summed E-state index contributed by atoms with van der Waals surface area (Å²) in [6.45, 7) is 7.53. The normalized spacial score (nSPS) is 12.2. The number of rotatable bonds is 4. The Balaban J connectivity index is 2.60. The molecule has 0 fully saturated rings. The lowest BCUT2D eigenvalue weighted by Gasteiger charge is -2.17. The molecule has 0 unspecified atom stereocenters. The van der Waals surface area contributed by atoms with Crippen LogP contribution in [-0.2, 0) is 4.79 Å². The fraction of sp³-hybridized carbons (Fsp3) is 0.316. The van der Waals surface area contributed by atoms with Gasteiger partial charge in [0.05, 0.1) is 6.42 Å². The third-order valence-electron chi connectivity index (χ3n) is 4.06. The van der Waals surface area contributed by atoms with Crippen molar-refractivity contribution in [2.45, 2.75) is 40.0 Å². The molecule has 0 spiro atoms. The van der Waals surface area contributed by atoms with E-state index in [1.165, 1.54) is 0 Å². The fourth-order valence-corrected chi connectivity index (χ4v) is 2.94. The van der Waals surface area contributed by atoms with E-state index in [1.807, 2.05) is 38.1 Å². The van der Waals surface area contributed by atoms with Gasteiger partial charge in [0.2, 0.25) is 0 Å². The van der Waals surface area contributed by atoms with Crippen LogP contribution in [-0.4, -0.2) is 11.1 Å². The van der Waals surface area contributed by atoms with Crippen LogP contribution in [0.2, 0.25) is 0 Å². The molecule has 22 heavy (non-hydrogen) atoms. The minimum absolute atomic E-state index is 0.0768. The lowest BCUT2D eigenvalue weighted by molar-refractivity contribution is -0.137. The van der Waals surface area contributed by atoms with Gasteiger partial charge in [-0.1, -0.05) is 25.1 Å². The number of halogens is 1. The largest absolute Gasteiger partial charge is 0.481 e. The van der Waals surface area contributed by atoms with Crippen molar-refractivity contribution in [3.05, 3.63) is 58.4 Å². The van der Waals surface area contributed by atoms with Gasteiger partial charge in [-0.25, -0.2) is 4.39 Å². The van der Waals surface area contributed by atoms with Gasteiger partial charge in [0, 0.05) is 0 Å². The lowest BCUT2D eigenvalue weighted by atomic mass is 9.89. The molecule has 0 aliphatic heterocycles. The zero-order valence-corrected chi connectivity index (χ0v) is 13.4. The molecule has 1 atom stereocenters. The van der Waals surface area contributed by atoms with E-state index in [0.29, 0.717) is 11.1 Å². The molecule has 3 heteroatoms. The Labute approximate surface area is 130 Å². The maximum Gasteiger partial charge on any atom is 0.303 e. The first-order valence-electron chi connectivity index (χ1n) is 7.39.